The van der Waals surface area contributed by atoms with E-state index >= 15 is 0 Å². The molecule has 0 aliphatic rings. The Morgan fingerprint density at radius 1 is 1.13 bits per heavy atom. The molecule has 1 rings (SSSR count). The van der Waals surface area contributed by atoms with Crippen molar-refractivity contribution in [2.24, 2.45) is 5.92 Å². The van der Waals surface area contributed by atoms with Gasteiger partial charge in [0.05, 0.1) is 13.7 Å². The molecule has 0 amide bonds. The highest BCUT2D eigenvalue weighted by Crippen LogP contribution is 2.22. The summed E-state index contributed by atoms with van der Waals surface area (Å²) in [4.78, 5) is 24.7. The maximum Gasteiger partial charge on any atom is 0.329 e. The van der Waals surface area contributed by atoms with Gasteiger partial charge in [-0.25, -0.2) is 4.79 Å². The van der Waals surface area contributed by atoms with Gasteiger partial charge in [0.25, 0.3) is 0 Å². The maximum absolute atomic E-state index is 12.3. The van der Waals surface area contributed by atoms with E-state index < -0.39 is 12.0 Å². The summed E-state index contributed by atoms with van der Waals surface area (Å²) in [6.07, 6.45) is 1.83. The van der Waals surface area contributed by atoms with Crippen molar-refractivity contribution < 1.29 is 19.1 Å². The first-order chi connectivity index (χ1) is 11.1. The van der Waals surface area contributed by atoms with Crippen molar-refractivity contribution in [3.05, 3.63) is 24.3 Å². The van der Waals surface area contributed by atoms with Gasteiger partial charge in [-0.05, 0) is 44.0 Å². The Morgan fingerprint density at radius 2 is 1.78 bits per heavy atom. The first-order valence-corrected chi connectivity index (χ1v) is 8.17. The lowest BCUT2D eigenvalue weighted by molar-refractivity contribution is -0.147. The van der Waals surface area contributed by atoms with Crippen LogP contribution in [0.15, 0.2) is 24.3 Å². The number of esters is 1. The first-order valence-electron chi connectivity index (χ1n) is 8.17. The fourth-order valence-corrected chi connectivity index (χ4v) is 2.50. The molecule has 1 N–H and O–H groups in total. The molecule has 0 fully saturated rings. The number of ether oxygens (including phenoxy) is 2. The number of benzene rings is 1. The predicted molar refractivity (Wildman–Crippen MR) is 90.7 cm³/mol. The van der Waals surface area contributed by atoms with Crippen LogP contribution in [0.25, 0.3) is 0 Å². The third kappa shape index (κ3) is 5.58. The Labute approximate surface area is 138 Å². The summed E-state index contributed by atoms with van der Waals surface area (Å²) in [7, 11) is 1.60. The highest BCUT2D eigenvalue weighted by atomic mass is 16.5. The number of anilines is 1. The van der Waals surface area contributed by atoms with Crippen LogP contribution < -0.4 is 10.1 Å². The summed E-state index contributed by atoms with van der Waals surface area (Å²) in [5.41, 5.74) is 0.756. The molecule has 0 saturated carbocycles. The zero-order valence-corrected chi connectivity index (χ0v) is 14.4. The van der Waals surface area contributed by atoms with Gasteiger partial charge in [0.15, 0.2) is 0 Å². The standard InChI is InChI=1S/C18H27NO4/c1-5-8-16(20)15(6-2)17(18(21)23-7-3)19-13-9-11-14(22-4)12-10-13/h9-12,15,17,19H,5-8H2,1-4H3/t15-,17+/m0/s1. The summed E-state index contributed by atoms with van der Waals surface area (Å²) in [6, 6.07) is 6.58. The Bertz CT molecular complexity index is 498. The van der Waals surface area contributed by atoms with Crippen LogP contribution in [0.2, 0.25) is 0 Å². The molecule has 0 aliphatic heterocycles. The number of hydrogen-bond acceptors (Lipinski definition) is 5. The smallest absolute Gasteiger partial charge is 0.329 e. The number of nitrogens with one attached hydrogen (secondary N) is 1. The van der Waals surface area contributed by atoms with Gasteiger partial charge >= 0.3 is 5.97 Å². The van der Waals surface area contributed by atoms with E-state index in [0.29, 0.717) is 12.8 Å². The number of Topliss-reactive ketones (excluding diaryl/α,β-unsaturated/α-hetero) is 1. The van der Waals surface area contributed by atoms with Crippen LogP contribution in [-0.2, 0) is 14.3 Å². The zero-order valence-electron chi connectivity index (χ0n) is 14.4. The summed E-state index contributed by atoms with van der Waals surface area (Å²) < 4.78 is 10.3. The number of ketones is 1. The first kappa shape index (κ1) is 19.0. The molecule has 23 heavy (non-hydrogen) atoms. The van der Waals surface area contributed by atoms with E-state index in [1.54, 1.807) is 26.2 Å². The third-order valence-electron chi connectivity index (χ3n) is 3.70. The molecular weight excluding hydrogens is 294 g/mol. The van der Waals surface area contributed by atoms with Gasteiger partial charge in [-0.3, -0.25) is 4.79 Å². The molecular formula is C18H27NO4. The van der Waals surface area contributed by atoms with Crippen LogP contribution in [0.1, 0.15) is 40.0 Å². The topological polar surface area (TPSA) is 64.6 Å². The highest BCUT2D eigenvalue weighted by Gasteiger charge is 2.32. The van der Waals surface area contributed by atoms with Crippen LogP contribution in [0.4, 0.5) is 5.69 Å². The van der Waals surface area contributed by atoms with Gasteiger partial charge in [0, 0.05) is 18.0 Å². The molecule has 0 bridgehead atoms. The lowest BCUT2D eigenvalue weighted by Gasteiger charge is -2.25. The third-order valence-corrected chi connectivity index (χ3v) is 3.70. The normalized spacial score (nSPS) is 13.0. The fourth-order valence-electron chi connectivity index (χ4n) is 2.50. The number of carbonyl (C=O) groups excluding carboxylic acids is 2. The van der Waals surface area contributed by atoms with Gasteiger partial charge in [-0.15, -0.1) is 0 Å². The van der Waals surface area contributed by atoms with Crippen molar-refractivity contribution >= 4 is 17.4 Å². The second-order valence-corrected chi connectivity index (χ2v) is 5.33. The van der Waals surface area contributed by atoms with Crippen LogP contribution in [0.3, 0.4) is 0 Å². The van der Waals surface area contributed by atoms with E-state index in [1.165, 1.54) is 0 Å². The van der Waals surface area contributed by atoms with E-state index in [2.05, 4.69) is 5.32 Å². The largest absolute Gasteiger partial charge is 0.497 e. The van der Waals surface area contributed by atoms with Crippen molar-refractivity contribution in [2.45, 2.75) is 46.1 Å². The van der Waals surface area contributed by atoms with Gasteiger partial charge in [0.2, 0.25) is 0 Å². The van der Waals surface area contributed by atoms with E-state index in [-0.39, 0.29) is 18.4 Å². The number of rotatable bonds is 10. The van der Waals surface area contributed by atoms with E-state index in [0.717, 1.165) is 17.9 Å². The molecule has 0 saturated heterocycles. The molecule has 0 aromatic heterocycles. The molecule has 0 heterocycles. The average molecular weight is 321 g/mol. The van der Waals surface area contributed by atoms with Gasteiger partial charge in [0.1, 0.15) is 17.6 Å². The molecule has 128 valence electrons. The molecule has 1 aromatic carbocycles. The summed E-state index contributed by atoms with van der Waals surface area (Å²) in [6.45, 7) is 5.93. The minimum absolute atomic E-state index is 0.0917. The van der Waals surface area contributed by atoms with Crippen LogP contribution in [-0.4, -0.2) is 31.5 Å². The highest BCUT2D eigenvalue weighted by molar-refractivity contribution is 5.90. The minimum Gasteiger partial charge on any atom is -0.497 e. The molecule has 1 aromatic rings. The minimum atomic E-state index is -0.674. The number of hydrogen-bond donors (Lipinski definition) is 1. The van der Waals surface area contributed by atoms with Crippen LogP contribution in [0, 0.1) is 5.92 Å². The lowest BCUT2D eigenvalue weighted by Crippen LogP contribution is -2.42. The van der Waals surface area contributed by atoms with E-state index in [1.807, 2.05) is 26.0 Å². The molecule has 5 heteroatoms. The monoisotopic (exact) mass is 321 g/mol. The Balaban J connectivity index is 2.97. The SMILES string of the molecule is CCCC(=O)[C@H](CC)[C@@H](Nc1ccc(OC)cc1)C(=O)OCC. The maximum atomic E-state index is 12.3. The lowest BCUT2D eigenvalue weighted by atomic mass is 9.89. The molecule has 0 radical (unpaired) electrons. The molecule has 5 nitrogen and oxygen atoms in total. The molecule has 0 spiro atoms. The number of methoxy groups -OCH3 is 1. The quantitative estimate of drug-likeness (QED) is 0.669. The second kappa shape index (κ2) is 9.87. The summed E-state index contributed by atoms with van der Waals surface area (Å²) in [5.74, 6) is 0.0436. The zero-order chi connectivity index (χ0) is 17.2. The fraction of sp³-hybridized carbons (Fsp3) is 0.556. The van der Waals surface area contributed by atoms with Gasteiger partial charge < -0.3 is 14.8 Å². The van der Waals surface area contributed by atoms with Crippen molar-refractivity contribution in [1.29, 1.82) is 0 Å². The molecule has 2 atom stereocenters. The van der Waals surface area contributed by atoms with E-state index in [9.17, 15) is 9.59 Å². The van der Waals surface area contributed by atoms with Crippen molar-refractivity contribution in [3.8, 4) is 5.75 Å². The van der Waals surface area contributed by atoms with Crippen LogP contribution in [0.5, 0.6) is 5.75 Å². The van der Waals surface area contributed by atoms with Crippen LogP contribution >= 0.6 is 0 Å². The average Bonchev–Trinajstić information content (AvgIpc) is 2.55. The second-order valence-electron chi connectivity index (χ2n) is 5.33. The van der Waals surface area contributed by atoms with Gasteiger partial charge in [-0.2, -0.15) is 0 Å². The summed E-state index contributed by atoms with van der Waals surface area (Å²) in [5, 5.41) is 3.15. The summed E-state index contributed by atoms with van der Waals surface area (Å²) >= 11 is 0. The molecule has 0 unspecified atom stereocenters. The predicted octanol–water partition coefficient (Wildman–Crippen LogP) is 3.43. The Morgan fingerprint density at radius 3 is 2.26 bits per heavy atom. The number of carbonyl (C=O) groups is 2. The van der Waals surface area contributed by atoms with Crippen molar-refractivity contribution in [2.75, 3.05) is 19.0 Å². The Kier molecular flexibility index (Phi) is 8.16. The van der Waals surface area contributed by atoms with E-state index in [4.69, 9.17) is 9.47 Å². The van der Waals surface area contributed by atoms with Gasteiger partial charge in [-0.1, -0.05) is 13.8 Å². The van der Waals surface area contributed by atoms with Crippen molar-refractivity contribution in [3.63, 3.8) is 0 Å². The Hall–Kier alpha value is -2.04. The van der Waals surface area contributed by atoms with Crippen molar-refractivity contribution in [1.82, 2.24) is 0 Å². The molecule has 0 aliphatic carbocycles.